The normalized spacial score (nSPS) is 10.9. The molecule has 1 N–H and O–H groups in total. The van der Waals surface area contributed by atoms with Gasteiger partial charge in [-0.05, 0) is 24.1 Å². The Balaban J connectivity index is 1.49. The summed E-state index contributed by atoms with van der Waals surface area (Å²) in [6, 6.07) is 13.2. The number of carbonyl (C=O) groups is 3. The average Bonchev–Trinajstić information content (AvgIpc) is 3.32. The lowest BCUT2D eigenvalue weighted by atomic mass is 10.0. The smallest absolute Gasteiger partial charge is 0.342 e. The molecule has 172 valence electrons. The van der Waals surface area contributed by atoms with Crippen LogP contribution in [-0.4, -0.2) is 43.8 Å². The first-order chi connectivity index (χ1) is 16.3. The molecule has 9 nitrogen and oxygen atoms in total. The van der Waals surface area contributed by atoms with Crippen LogP contribution in [0.5, 0.6) is 0 Å². The highest BCUT2D eigenvalue weighted by Gasteiger charge is 2.22. The lowest BCUT2D eigenvalue weighted by Gasteiger charge is -2.14. The molecule has 0 spiro atoms. The Bertz CT molecular complexity index is 1380. The predicted molar refractivity (Wildman–Crippen MR) is 125 cm³/mol. The van der Waals surface area contributed by atoms with E-state index < -0.39 is 18.5 Å². The first kappa shape index (κ1) is 23.1. The average molecular weight is 478 g/mol. The number of anilines is 1. The molecular weight excluding hydrogens is 458 g/mol. The van der Waals surface area contributed by atoms with Gasteiger partial charge in [-0.2, -0.15) is 10.1 Å². The number of benzene rings is 2. The van der Waals surface area contributed by atoms with Crippen molar-refractivity contribution >= 4 is 40.7 Å². The number of nitrogens with one attached hydrogen (secondary N) is 1. The number of carbonyl (C=O) groups excluding carboxylic acids is 3. The molecule has 0 atom stereocenters. The molecule has 2 aromatic heterocycles. The zero-order valence-corrected chi connectivity index (χ0v) is 19.1. The minimum Gasteiger partial charge on any atom is -0.452 e. The Morgan fingerprint density at radius 2 is 1.82 bits per heavy atom. The van der Waals surface area contributed by atoms with Crippen molar-refractivity contribution in [3.63, 3.8) is 0 Å². The number of nitrogens with zero attached hydrogens (tertiary/aromatic N) is 4. The SMILES string of the molecule is CC(C)c1c(C(=O)OCC(=O)Nc2ccc(Cl)cc2C(=O)c2ccccc2)cnc2ncnn12. The number of amides is 1. The van der Waals surface area contributed by atoms with Gasteiger partial charge in [-0.25, -0.2) is 14.3 Å². The number of fused-ring (bicyclic) bond motifs is 1. The van der Waals surface area contributed by atoms with Crippen LogP contribution in [0.1, 0.15) is 51.7 Å². The predicted octanol–water partition coefficient (Wildman–Crippen LogP) is 3.93. The highest BCUT2D eigenvalue weighted by atomic mass is 35.5. The minimum atomic E-state index is -0.722. The van der Waals surface area contributed by atoms with Crippen LogP contribution < -0.4 is 5.32 Å². The molecule has 0 fully saturated rings. The third kappa shape index (κ3) is 4.79. The third-order valence-corrected chi connectivity index (χ3v) is 5.22. The number of aromatic nitrogens is 4. The Kier molecular flexibility index (Phi) is 6.65. The van der Waals surface area contributed by atoms with Crippen molar-refractivity contribution in [3.05, 3.63) is 88.5 Å². The first-order valence-corrected chi connectivity index (χ1v) is 10.8. The molecule has 34 heavy (non-hydrogen) atoms. The van der Waals surface area contributed by atoms with Gasteiger partial charge in [-0.15, -0.1) is 0 Å². The molecule has 0 saturated heterocycles. The van der Waals surface area contributed by atoms with E-state index in [2.05, 4.69) is 20.4 Å². The van der Waals surface area contributed by atoms with E-state index in [4.69, 9.17) is 16.3 Å². The Hall–Kier alpha value is -4.11. The van der Waals surface area contributed by atoms with Gasteiger partial charge in [-0.1, -0.05) is 55.8 Å². The van der Waals surface area contributed by atoms with Gasteiger partial charge in [0, 0.05) is 22.3 Å². The highest BCUT2D eigenvalue weighted by molar-refractivity contribution is 6.31. The van der Waals surface area contributed by atoms with E-state index in [-0.39, 0.29) is 28.5 Å². The van der Waals surface area contributed by atoms with Crippen LogP contribution in [0.3, 0.4) is 0 Å². The second-order valence-electron chi connectivity index (χ2n) is 7.69. The van der Waals surface area contributed by atoms with Gasteiger partial charge in [0.05, 0.1) is 16.9 Å². The third-order valence-electron chi connectivity index (χ3n) is 4.98. The van der Waals surface area contributed by atoms with Crippen LogP contribution in [0.2, 0.25) is 5.02 Å². The van der Waals surface area contributed by atoms with Gasteiger partial charge in [-0.3, -0.25) is 9.59 Å². The Morgan fingerprint density at radius 1 is 1.06 bits per heavy atom. The molecule has 4 aromatic rings. The number of esters is 1. The summed E-state index contributed by atoms with van der Waals surface area (Å²) in [5.74, 6) is -1.36. The molecule has 2 heterocycles. The van der Waals surface area contributed by atoms with Crippen molar-refractivity contribution in [1.29, 1.82) is 0 Å². The summed E-state index contributed by atoms with van der Waals surface area (Å²) in [5.41, 5.74) is 1.69. The van der Waals surface area contributed by atoms with Gasteiger partial charge >= 0.3 is 5.97 Å². The van der Waals surface area contributed by atoms with Crippen LogP contribution in [0.4, 0.5) is 5.69 Å². The highest BCUT2D eigenvalue weighted by Crippen LogP contribution is 2.24. The second-order valence-corrected chi connectivity index (χ2v) is 8.13. The summed E-state index contributed by atoms with van der Waals surface area (Å²) in [6.07, 6.45) is 2.70. The summed E-state index contributed by atoms with van der Waals surface area (Å²) >= 11 is 6.08. The summed E-state index contributed by atoms with van der Waals surface area (Å²) in [4.78, 5) is 46.3. The molecule has 0 bridgehead atoms. The number of ether oxygens (including phenoxy) is 1. The van der Waals surface area contributed by atoms with Crippen LogP contribution in [0.15, 0.2) is 61.1 Å². The van der Waals surface area contributed by atoms with Gasteiger partial charge in [0.2, 0.25) is 0 Å². The number of hydrogen-bond acceptors (Lipinski definition) is 7. The number of halogens is 1. The van der Waals surface area contributed by atoms with E-state index in [9.17, 15) is 14.4 Å². The Labute approximate surface area is 199 Å². The lowest BCUT2D eigenvalue weighted by Crippen LogP contribution is -2.23. The van der Waals surface area contributed by atoms with Crippen LogP contribution in [0, 0.1) is 0 Å². The van der Waals surface area contributed by atoms with E-state index in [0.717, 1.165) is 0 Å². The Morgan fingerprint density at radius 3 is 2.56 bits per heavy atom. The molecule has 2 aromatic carbocycles. The first-order valence-electron chi connectivity index (χ1n) is 10.4. The van der Waals surface area contributed by atoms with Crippen LogP contribution >= 0.6 is 11.6 Å². The van der Waals surface area contributed by atoms with Crippen molar-refractivity contribution in [2.75, 3.05) is 11.9 Å². The van der Waals surface area contributed by atoms with E-state index in [1.165, 1.54) is 29.2 Å². The van der Waals surface area contributed by atoms with Crippen molar-refractivity contribution < 1.29 is 19.1 Å². The summed E-state index contributed by atoms with van der Waals surface area (Å²) in [5, 5.41) is 7.07. The molecule has 0 aliphatic heterocycles. The zero-order chi connectivity index (χ0) is 24.2. The van der Waals surface area contributed by atoms with Crippen LogP contribution in [-0.2, 0) is 9.53 Å². The fourth-order valence-corrected chi connectivity index (χ4v) is 3.63. The van der Waals surface area contributed by atoms with Crippen molar-refractivity contribution in [2.24, 2.45) is 0 Å². The van der Waals surface area contributed by atoms with Crippen molar-refractivity contribution in [1.82, 2.24) is 19.6 Å². The summed E-state index contributed by atoms with van der Waals surface area (Å²) < 4.78 is 6.69. The topological polar surface area (TPSA) is 116 Å². The molecule has 0 aliphatic rings. The fourth-order valence-electron chi connectivity index (χ4n) is 3.46. The van der Waals surface area contributed by atoms with E-state index in [0.29, 0.717) is 22.1 Å². The van der Waals surface area contributed by atoms with Crippen molar-refractivity contribution in [2.45, 2.75) is 19.8 Å². The lowest BCUT2D eigenvalue weighted by molar-refractivity contribution is -0.119. The molecule has 0 unspecified atom stereocenters. The maximum atomic E-state index is 12.9. The minimum absolute atomic E-state index is 0.0794. The number of rotatable bonds is 7. The molecule has 0 saturated carbocycles. The van der Waals surface area contributed by atoms with Gasteiger partial charge in [0.25, 0.3) is 11.7 Å². The molecule has 0 aliphatic carbocycles. The quantitative estimate of drug-likeness (QED) is 0.316. The summed E-state index contributed by atoms with van der Waals surface area (Å²) in [6.45, 7) is 3.23. The van der Waals surface area contributed by atoms with E-state index in [1.54, 1.807) is 36.4 Å². The summed E-state index contributed by atoms with van der Waals surface area (Å²) in [7, 11) is 0. The molecular formula is C24H20ClN5O4. The van der Waals surface area contributed by atoms with E-state index in [1.807, 2.05) is 13.8 Å². The van der Waals surface area contributed by atoms with Gasteiger partial charge < -0.3 is 10.1 Å². The van der Waals surface area contributed by atoms with Gasteiger partial charge in [0.15, 0.2) is 12.4 Å². The van der Waals surface area contributed by atoms with Gasteiger partial charge in [0.1, 0.15) is 6.33 Å². The molecule has 1 amide bonds. The van der Waals surface area contributed by atoms with E-state index >= 15 is 0 Å². The second kappa shape index (κ2) is 9.80. The molecule has 0 radical (unpaired) electrons. The number of hydrogen-bond donors (Lipinski definition) is 1. The molecule has 10 heteroatoms. The largest absolute Gasteiger partial charge is 0.452 e. The maximum absolute atomic E-state index is 12.9. The maximum Gasteiger partial charge on any atom is 0.342 e. The fraction of sp³-hybridized carbons (Fsp3) is 0.167. The standard InChI is InChI=1S/C24H20ClN5O4/c1-14(2)21-18(11-26-24-27-13-28-30(21)24)23(33)34-12-20(31)29-19-9-8-16(25)10-17(19)22(32)15-6-4-3-5-7-15/h3-11,13-14H,12H2,1-2H3,(H,29,31). The number of ketones is 1. The molecule has 4 rings (SSSR count). The van der Waals surface area contributed by atoms with Crippen LogP contribution in [0.25, 0.3) is 5.78 Å². The zero-order valence-electron chi connectivity index (χ0n) is 18.4. The van der Waals surface area contributed by atoms with Crippen molar-refractivity contribution in [3.8, 4) is 0 Å². The monoisotopic (exact) mass is 477 g/mol.